The Hall–Kier alpha value is -1.75. The molecule has 1 aromatic carbocycles. The van der Waals surface area contributed by atoms with Crippen LogP contribution in [-0.2, 0) is 13.5 Å². The van der Waals surface area contributed by atoms with E-state index in [1.54, 1.807) is 7.05 Å². The van der Waals surface area contributed by atoms with Crippen LogP contribution in [0, 0.1) is 20.8 Å². The van der Waals surface area contributed by atoms with Crippen LogP contribution in [0.15, 0.2) is 12.1 Å². The maximum atomic E-state index is 4.32. The average Bonchev–Trinajstić information content (AvgIpc) is 2.80. The molecule has 1 aromatic heterocycles. The molecule has 21 heavy (non-hydrogen) atoms. The quantitative estimate of drug-likeness (QED) is 0.886. The van der Waals surface area contributed by atoms with Crippen molar-refractivity contribution in [3.05, 3.63) is 40.2 Å². The number of nitrogens with one attached hydrogen (secondary N) is 1. The van der Waals surface area contributed by atoms with Gasteiger partial charge in [-0.1, -0.05) is 24.6 Å². The highest BCUT2D eigenvalue weighted by molar-refractivity contribution is 5.40. The molecule has 1 N–H and O–H groups in total. The predicted molar refractivity (Wildman–Crippen MR) is 84.2 cm³/mol. The number of aromatic nitrogens is 4. The fraction of sp³-hybridized carbons (Fsp3) is 0.562. The maximum absolute atomic E-state index is 4.32. The summed E-state index contributed by atoms with van der Waals surface area (Å²) >= 11 is 0. The zero-order valence-electron chi connectivity index (χ0n) is 13.6. The first-order chi connectivity index (χ1) is 10.0. The first kappa shape index (κ1) is 15.6. The Labute approximate surface area is 126 Å². The molecule has 0 aliphatic heterocycles. The van der Waals surface area contributed by atoms with E-state index < -0.39 is 0 Å². The van der Waals surface area contributed by atoms with E-state index in [-0.39, 0.29) is 6.04 Å². The molecule has 2 rings (SSSR count). The van der Waals surface area contributed by atoms with Crippen molar-refractivity contribution in [1.82, 2.24) is 25.5 Å². The van der Waals surface area contributed by atoms with E-state index in [1.165, 1.54) is 27.1 Å². The molecule has 0 aliphatic rings. The van der Waals surface area contributed by atoms with Gasteiger partial charge in [-0.2, -0.15) is 4.80 Å². The van der Waals surface area contributed by atoms with E-state index in [0.29, 0.717) is 0 Å². The summed E-state index contributed by atoms with van der Waals surface area (Å²) in [5.74, 6) is 0.783. The van der Waals surface area contributed by atoms with Gasteiger partial charge in [0, 0.05) is 12.5 Å². The van der Waals surface area contributed by atoms with Crippen LogP contribution in [0.4, 0.5) is 0 Å². The fourth-order valence-electron chi connectivity index (χ4n) is 2.92. The zero-order valence-corrected chi connectivity index (χ0v) is 13.6. The van der Waals surface area contributed by atoms with Crippen LogP contribution in [-0.4, -0.2) is 26.8 Å². The molecule has 5 nitrogen and oxygen atoms in total. The number of benzene rings is 1. The highest BCUT2D eigenvalue weighted by Crippen LogP contribution is 2.25. The van der Waals surface area contributed by atoms with Gasteiger partial charge in [0.15, 0.2) is 5.82 Å². The molecule has 0 amide bonds. The fourth-order valence-corrected chi connectivity index (χ4v) is 2.92. The summed E-state index contributed by atoms with van der Waals surface area (Å²) in [6, 6.07) is 4.72. The van der Waals surface area contributed by atoms with Crippen molar-refractivity contribution in [2.75, 3.05) is 6.54 Å². The molecule has 0 saturated carbocycles. The minimum atomic E-state index is 0.231. The monoisotopic (exact) mass is 287 g/mol. The standard InChI is InChI=1S/C16H25N5/c1-6-7-17-14(10-15-18-20-21(5)19-15)16-12(3)8-11(2)9-13(16)4/h8-9,14,17H,6-7,10H2,1-5H3. The Bertz CT molecular complexity index is 579. The third-order valence-electron chi connectivity index (χ3n) is 3.66. The zero-order chi connectivity index (χ0) is 15.4. The maximum Gasteiger partial charge on any atom is 0.176 e. The molecular formula is C16H25N5. The van der Waals surface area contributed by atoms with Crippen LogP contribution in [0.2, 0.25) is 0 Å². The van der Waals surface area contributed by atoms with E-state index in [9.17, 15) is 0 Å². The molecular weight excluding hydrogens is 262 g/mol. The number of aryl methyl sites for hydroxylation is 4. The first-order valence-corrected chi connectivity index (χ1v) is 7.55. The van der Waals surface area contributed by atoms with E-state index >= 15 is 0 Å². The molecule has 1 heterocycles. The van der Waals surface area contributed by atoms with Gasteiger partial charge < -0.3 is 5.32 Å². The number of tetrazole rings is 1. The summed E-state index contributed by atoms with van der Waals surface area (Å²) in [5, 5.41) is 16.0. The van der Waals surface area contributed by atoms with Crippen LogP contribution in [0.3, 0.4) is 0 Å². The molecule has 0 fully saturated rings. The van der Waals surface area contributed by atoms with Crippen molar-refractivity contribution in [1.29, 1.82) is 0 Å². The van der Waals surface area contributed by atoms with Crippen molar-refractivity contribution >= 4 is 0 Å². The van der Waals surface area contributed by atoms with Gasteiger partial charge in [-0.15, -0.1) is 10.2 Å². The molecule has 2 aromatic rings. The smallest absolute Gasteiger partial charge is 0.176 e. The topological polar surface area (TPSA) is 55.6 Å². The molecule has 0 bridgehead atoms. The summed E-state index contributed by atoms with van der Waals surface area (Å²) < 4.78 is 0. The Morgan fingerprint density at radius 2 is 1.86 bits per heavy atom. The van der Waals surface area contributed by atoms with E-state index in [1.807, 2.05) is 0 Å². The second kappa shape index (κ2) is 6.80. The lowest BCUT2D eigenvalue weighted by molar-refractivity contribution is 0.513. The molecule has 1 unspecified atom stereocenters. The second-order valence-corrected chi connectivity index (χ2v) is 5.72. The summed E-state index contributed by atoms with van der Waals surface area (Å²) in [5.41, 5.74) is 5.32. The van der Waals surface area contributed by atoms with Gasteiger partial charge in [0.2, 0.25) is 0 Å². The lowest BCUT2D eigenvalue weighted by Gasteiger charge is -2.22. The van der Waals surface area contributed by atoms with Gasteiger partial charge in [0.05, 0.1) is 7.05 Å². The summed E-state index contributed by atoms with van der Waals surface area (Å²) in [4.78, 5) is 1.51. The van der Waals surface area contributed by atoms with Gasteiger partial charge >= 0.3 is 0 Å². The van der Waals surface area contributed by atoms with Gasteiger partial charge in [-0.25, -0.2) is 0 Å². The van der Waals surface area contributed by atoms with Gasteiger partial charge in [0.25, 0.3) is 0 Å². The third-order valence-corrected chi connectivity index (χ3v) is 3.66. The van der Waals surface area contributed by atoms with Crippen molar-refractivity contribution < 1.29 is 0 Å². The molecule has 1 atom stereocenters. The van der Waals surface area contributed by atoms with Crippen LogP contribution in [0.25, 0.3) is 0 Å². The first-order valence-electron chi connectivity index (χ1n) is 7.55. The van der Waals surface area contributed by atoms with E-state index in [2.05, 4.69) is 60.6 Å². The Kier molecular flexibility index (Phi) is 5.07. The predicted octanol–water partition coefficient (Wildman–Crippen LogP) is 2.42. The number of nitrogens with zero attached hydrogens (tertiary/aromatic N) is 4. The van der Waals surface area contributed by atoms with Crippen LogP contribution in [0.5, 0.6) is 0 Å². The largest absolute Gasteiger partial charge is 0.310 e. The summed E-state index contributed by atoms with van der Waals surface area (Å²) in [6.45, 7) is 9.67. The van der Waals surface area contributed by atoms with Crippen molar-refractivity contribution in [3.63, 3.8) is 0 Å². The van der Waals surface area contributed by atoms with Gasteiger partial charge in [-0.3, -0.25) is 0 Å². The Balaban J connectivity index is 2.31. The van der Waals surface area contributed by atoms with E-state index in [4.69, 9.17) is 0 Å². The molecule has 0 spiro atoms. The molecule has 5 heteroatoms. The lowest BCUT2D eigenvalue weighted by atomic mass is 9.92. The highest BCUT2D eigenvalue weighted by atomic mass is 15.6. The summed E-state index contributed by atoms with van der Waals surface area (Å²) in [6.07, 6.45) is 1.87. The summed E-state index contributed by atoms with van der Waals surface area (Å²) in [7, 11) is 1.80. The minimum absolute atomic E-state index is 0.231. The second-order valence-electron chi connectivity index (χ2n) is 5.72. The molecule has 0 radical (unpaired) electrons. The highest BCUT2D eigenvalue weighted by Gasteiger charge is 2.18. The molecule has 114 valence electrons. The lowest BCUT2D eigenvalue weighted by Crippen LogP contribution is -2.26. The van der Waals surface area contributed by atoms with Crippen LogP contribution in [0.1, 0.15) is 47.5 Å². The SMILES string of the molecule is CCCNC(Cc1nnn(C)n1)c1c(C)cc(C)cc1C. The van der Waals surface area contributed by atoms with Gasteiger partial charge in [0.1, 0.15) is 0 Å². The third kappa shape index (κ3) is 3.88. The van der Waals surface area contributed by atoms with Crippen LogP contribution >= 0.6 is 0 Å². The number of hydrogen-bond donors (Lipinski definition) is 1. The van der Waals surface area contributed by atoms with Crippen molar-refractivity contribution in [2.24, 2.45) is 7.05 Å². The van der Waals surface area contributed by atoms with Crippen molar-refractivity contribution in [3.8, 4) is 0 Å². The molecule has 0 saturated heterocycles. The van der Waals surface area contributed by atoms with Crippen molar-refractivity contribution in [2.45, 2.75) is 46.6 Å². The average molecular weight is 287 g/mol. The normalized spacial score (nSPS) is 12.6. The number of hydrogen-bond acceptors (Lipinski definition) is 4. The minimum Gasteiger partial charge on any atom is -0.310 e. The van der Waals surface area contributed by atoms with Crippen LogP contribution < -0.4 is 5.32 Å². The molecule has 0 aliphatic carbocycles. The number of rotatable bonds is 6. The Morgan fingerprint density at radius 1 is 1.19 bits per heavy atom. The van der Waals surface area contributed by atoms with E-state index in [0.717, 1.165) is 25.2 Å². The van der Waals surface area contributed by atoms with Gasteiger partial charge in [-0.05, 0) is 55.6 Å². The Morgan fingerprint density at radius 3 is 2.38 bits per heavy atom.